The summed E-state index contributed by atoms with van der Waals surface area (Å²) in [6.45, 7) is 7.00. The van der Waals surface area contributed by atoms with E-state index in [-0.39, 0.29) is 45.0 Å². The van der Waals surface area contributed by atoms with Gasteiger partial charge in [0.05, 0.1) is 24.6 Å². The van der Waals surface area contributed by atoms with Crippen LogP contribution in [0.25, 0.3) is 0 Å². The summed E-state index contributed by atoms with van der Waals surface area (Å²) in [6.07, 6.45) is 3.26. The number of carbonyl (C=O) groups excluding carboxylic acids is 4. The highest BCUT2D eigenvalue weighted by atomic mass is 16.6. The van der Waals surface area contributed by atoms with Gasteiger partial charge in [-0.2, -0.15) is 0 Å². The van der Waals surface area contributed by atoms with E-state index in [9.17, 15) is 24.3 Å². The van der Waals surface area contributed by atoms with Crippen LogP contribution in [0.5, 0.6) is 0 Å². The fourth-order valence-electron chi connectivity index (χ4n) is 4.99. The highest BCUT2D eigenvalue weighted by molar-refractivity contribution is 5.86. The van der Waals surface area contributed by atoms with Crippen LogP contribution in [0.15, 0.2) is 116 Å². The van der Waals surface area contributed by atoms with Gasteiger partial charge in [-0.05, 0) is 42.4 Å². The summed E-state index contributed by atoms with van der Waals surface area (Å²) >= 11 is 0. The lowest BCUT2D eigenvalue weighted by Crippen LogP contribution is -2.47. The molecule has 0 unspecified atom stereocenters. The number of carbonyl (C=O) groups is 4. The molecule has 0 fully saturated rings. The summed E-state index contributed by atoms with van der Waals surface area (Å²) in [5, 5.41) is 18.1. The quantitative estimate of drug-likeness (QED) is 0.104. The Labute approximate surface area is 282 Å². The number of hydrogen-bond acceptors (Lipinski definition) is 7. The van der Waals surface area contributed by atoms with Crippen molar-refractivity contribution in [3.63, 3.8) is 0 Å². The molecule has 0 heterocycles. The molecule has 3 amide bonds. The predicted octanol–water partition coefficient (Wildman–Crippen LogP) is 4.43. The standard InChI is InChI=1S/C38H45N3O7/c1-3-14-31(24-35(43)39-32(25-42)22-28-16-8-5-9-17-28)36(44)40-33(23-29-18-10-6-11-19-29)27-47-37(45)34(15-4-2)41-38(46)48-26-30-20-12-7-13-21-30/h3-13,16-21,31-34,42H,1-2,14-15,22-27H2,(H,39,43)(H,40,44)(H,41,46)/t31-,32-,33+,34-/m1/s1. The molecule has 0 saturated carbocycles. The van der Waals surface area contributed by atoms with E-state index in [0.29, 0.717) is 12.8 Å². The first-order valence-electron chi connectivity index (χ1n) is 15.9. The van der Waals surface area contributed by atoms with Crippen molar-refractivity contribution in [2.45, 2.75) is 56.8 Å². The van der Waals surface area contributed by atoms with Gasteiger partial charge in [0, 0.05) is 6.42 Å². The molecule has 10 heteroatoms. The second-order valence-electron chi connectivity index (χ2n) is 11.4. The van der Waals surface area contributed by atoms with Crippen molar-refractivity contribution in [1.29, 1.82) is 0 Å². The van der Waals surface area contributed by atoms with Crippen molar-refractivity contribution >= 4 is 23.9 Å². The van der Waals surface area contributed by atoms with E-state index < -0.39 is 42.0 Å². The molecule has 3 rings (SSSR count). The van der Waals surface area contributed by atoms with Crippen molar-refractivity contribution in [2.75, 3.05) is 13.2 Å². The number of alkyl carbamates (subject to hydrolysis) is 1. The van der Waals surface area contributed by atoms with Crippen LogP contribution in [-0.2, 0) is 43.3 Å². The number of amides is 3. The van der Waals surface area contributed by atoms with E-state index in [2.05, 4.69) is 29.1 Å². The summed E-state index contributed by atoms with van der Waals surface area (Å²) in [4.78, 5) is 52.0. The maximum absolute atomic E-state index is 13.5. The van der Waals surface area contributed by atoms with Crippen LogP contribution in [0.2, 0.25) is 0 Å². The van der Waals surface area contributed by atoms with E-state index >= 15 is 0 Å². The molecule has 4 N–H and O–H groups in total. The molecule has 254 valence electrons. The van der Waals surface area contributed by atoms with Gasteiger partial charge in [0.25, 0.3) is 0 Å². The second-order valence-corrected chi connectivity index (χ2v) is 11.4. The number of aliphatic hydroxyl groups is 1. The van der Waals surface area contributed by atoms with Gasteiger partial charge >= 0.3 is 12.1 Å². The van der Waals surface area contributed by atoms with Gasteiger partial charge in [0.1, 0.15) is 19.3 Å². The van der Waals surface area contributed by atoms with E-state index in [1.54, 1.807) is 6.08 Å². The molecule has 0 aliphatic rings. The first kappa shape index (κ1) is 37.2. The minimum Gasteiger partial charge on any atom is -0.462 e. The smallest absolute Gasteiger partial charge is 0.408 e. The van der Waals surface area contributed by atoms with Crippen molar-refractivity contribution in [3.05, 3.63) is 133 Å². The molecule has 0 bridgehead atoms. The zero-order valence-electron chi connectivity index (χ0n) is 27.1. The number of aliphatic hydroxyl groups excluding tert-OH is 1. The van der Waals surface area contributed by atoms with Gasteiger partial charge in [-0.1, -0.05) is 103 Å². The molecule has 0 aliphatic carbocycles. The van der Waals surface area contributed by atoms with Gasteiger partial charge in [-0.25, -0.2) is 9.59 Å². The first-order valence-corrected chi connectivity index (χ1v) is 15.9. The third-order valence-corrected chi connectivity index (χ3v) is 7.45. The summed E-state index contributed by atoms with van der Waals surface area (Å²) in [7, 11) is 0. The maximum atomic E-state index is 13.5. The molecule has 0 aliphatic heterocycles. The number of esters is 1. The molecule has 3 aromatic rings. The summed E-state index contributed by atoms with van der Waals surface area (Å²) in [5.41, 5.74) is 2.65. The van der Waals surface area contributed by atoms with E-state index in [1.807, 2.05) is 91.0 Å². The number of allylic oxidation sites excluding steroid dienone is 1. The van der Waals surface area contributed by atoms with Gasteiger partial charge in [0.2, 0.25) is 11.8 Å². The van der Waals surface area contributed by atoms with Crippen molar-refractivity contribution in [1.82, 2.24) is 16.0 Å². The Morgan fingerprint density at radius 1 is 0.688 bits per heavy atom. The van der Waals surface area contributed by atoms with Crippen LogP contribution in [0.3, 0.4) is 0 Å². The van der Waals surface area contributed by atoms with Gasteiger partial charge in [-0.15, -0.1) is 13.2 Å². The molecule has 0 saturated heterocycles. The van der Waals surface area contributed by atoms with Crippen molar-refractivity contribution < 1.29 is 33.8 Å². The number of rotatable bonds is 20. The highest BCUT2D eigenvalue weighted by Crippen LogP contribution is 2.13. The third kappa shape index (κ3) is 13.6. The van der Waals surface area contributed by atoms with E-state index in [0.717, 1.165) is 16.7 Å². The lowest BCUT2D eigenvalue weighted by molar-refractivity contribution is -0.147. The molecule has 48 heavy (non-hydrogen) atoms. The summed E-state index contributed by atoms with van der Waals surface area (Å²) < 4.78 is 10.9. The zero-order valence-corrected chi connectivity index (χ0v) is 27.1. The van der Waals surface area contributed by atoms with Crippen molar-refractivity contribution in [3.8, 4) is 0 Å². The maximum Gasteiger partial charge on any atom is 0.408 e. The lowest BCUT2D eigenvalue weighted by atomic mass is 9.98. The van der Waals surface area contributed by atoms with Crippen LogP contribution in [0.4, 0.5) is 4.79 Å². The SMILES string of the molecule is C=CC[C@H](CC(=O)N[C@@H](CO)Cc1ccccc1)C(=O)N[C@H](COC(=O)[C@@H](CC=C)NC(=O)OCc1ccccc1)Cc1ccccc1. The number of benzene rings is 3. The molecule has 4 atom stereocenters. The van der Waals surface area contributed by atoms with E-state index in [1.165, 1.54) is 6.08 Å². The number of hydrogen-bond donors (Lipinski definition) is 4. The summed E-state index contributed by atoms with van der Waals surface area (Å²) in [5.74, 6) is -2.25. The third-order valence-electron chi connectivity index (χ3n) is 7.45. The fourth-order valence-corrected chi connectivity index (χ4v) is 4.99. The van der Waals surface area contributed by atoms with Crippen LogP contribution in [-0.4, -0.2) is 60.3 Å². The van der Waals surface area contributed by atoms with Gasteiger partial charge < -0.3 is 30.5 Å². The average molecular weight is 656 g/mol. The minimum absolute atomic E-state index is 0.0330. The molecule has 0 spiro atoms. The van der Waals surface area contributed by atoms with Gasteiger partial charge in [-0.3, -0.25) is 9.59 Å². The largest absolute Gasteiger partial charge is 0.462 e. The predicted molar refractivity (Wildman–Crippen MR) is 183 cm³/mol. The highest BCUT2D eigenvalue weighted by Gasteiger charge is 2.27. The Balaban J connectivity index is 1.62. The monoisotopic (exact) mass is 655 g/mol. The minimum atomic E-state index is -1.05. The molecular weight excluding hydrogens is 610 g/mol. The van der Waals surface area contributed by atoms with Gasteiger partial charge in [0.15, 0.2) is 0 Å². The first-order chi connectivity index (χ1) is 23.3. The Kier molecular flexibility index (Phi) is 16.1. The van der Waals surface area contributed by atoms with E-state index in [4.69, 9.17) is 9.47 Å². The lowest BCUT2D eigenvalue weighted by Gasteiger charge is -2.24. The molecular formula is C38H45N3O7. The Morgan fingerprint density at radius 2 is 1.23 bits per heavy atom. The topological polar surface area (TPSA) is 143 Å². The van der Waals surface area contributed by atoms with Crippen LogP contribution in [0, 0.1) is 5.92 Å². The van der Waals surface area contributed by atoms with Crippen LogP contribution < -0.4 is 16.0 Å². The zero-order chi connectivity index (χ0) is 34.6. The molecule has 3 aromatic carbocycles. The second kappa shape index (κ2) is 20.8. The van der Waals surface area contributed by atoms with Crippen molar-refractivity contribution in [2.24, 2.45) is 5.92 Å². The number of ether oxygens (including phenoxy) is 2. The average Bonchev–Trinajstić information content (AvgIpc) is 3.10. The number of nitrogens with one attached hydrogen (secondary N) is 3. The Bertz CT molecular complexity index is 1450. The van der Waals surface area contributed by atoms with Crippen LogP contribution >= 0.6 is 0 Å². The Morgan fingerprint density at radius 3 is 1.77 bits per heavy atom. The molecule has 0 radical (unpaired) electrons. The Hall–Kier alpha value is -5.22. The fraction of sp³-hybridized carbons (Fsp3) is 0.316. The normalized spacial score (nSPS) is 13.1. The molecule has 10 nitrogen and oxygen atoms in total. The molecule has 0 aromatic heterocycles. The van der Waals surface area contributed by atoms with Crippen LogP contribution in [0.1, 0.15) is 36.0 Å². The summed E-state index contributed by atoms with van der Waals surface area (Å²) in [6, 6.07) is 25.8.